The summed E-state index contributed by atoms with van der Waals surface area (Å²) in [7, 11) is 0. The van der Waals surface area contributed by atoms with Gasteiger partial charge in [-0.15, -0.1) is 5.10 Å². The number of nitrogens with zero attached hydrogens (tertiary/aromatic N) is 2. The molecule has 84 valence electrons. The van der Waals surface area contributed by atoms with Crippen LogP contribution in [-0.4, -0.2) is 15.2 Å². The van der Waals surface area contributed by atoms with Crippen molar-refractivity contribution in [2.75, 3.05) is 5.32 Å². The van der Waals surface area contributed by atoms with Crippen LogP contribution >= 0.6 is 0 Å². The minimum absolute atomic E-state index is 0.536. The number of aromatic nitrogens is 3. The standard InChI is InChI=1S/C12H10N4O/c1-2-5-9(6-3-1)13-12-14-11(15-16-12)10-7-4-8-17-10/h1-8H,(H2,13,14,15,16). The highest BCUT2D eigenvalue weighted by Crippen LogP contribution is 2.18. The molecule has 0 amide bonds. The molecule has 5 heteroatoms. The molecule has 0 bridgehead atoms. The van der Waals surface area contributed by atoms with Gasteiger partial charge in [-0.2, -0.15) is 4.98 Å². The molecule has 1 aromatic carbocycles. The predicted octanol–water partition coefficient (Wildman–Crippen LogP) is 2.81. The quantitative estimate of drug-likeness (QED) is 0.720. The molecule has 0 saturated carbocycles. The fraction of sp³-hybridized carbons (Fsp3) is 0. The third-order valence-electron chi connectivity index (χ3n) is 2.26. The molecule has 5 nitrogen and oxygen atoms in total. The zero-order valence-electron chi connectivity index (χ0n) is 8.92. The van der Waals surface area contributed by atoms with E-state index in [1.165, 1.54) is 0 Å². The summed E-state index contributed by atoms with van der Waals surface area (Å²) >= 11 is 0. The number of para-hydroxylation sites is 1. The highest BCUT2D eigenvalue weighted by atomic mass is 16.3. The molecule has 0 radical (unpaired) electrons. The summed E-state index contributed by atoms with van der Waals surface area (Å²) < 4.78 is 5.21. The Labute approximate surface area is 97.5 Å². The van der Waals surface area contributed by atoms with E-state index in [0.29, 0.717) is 17.5 Å². The lowest BCUT2D eigenvalue weighted by Gasteiger charge is -1.99. The monoisotopic (exact) mass is 226 g/mol. The van der Waals surface area contributed by atoms with Gasteiger partial charge in [0.2, 0.25) is 11.8 Å². The summed E-state index contributed by atoms with van der Waals surface area (Å²) in [5.74, 6) is 1.76. The van der Waals surface area contributed by atoms with Crippen LogP contribution in [0.1, 0.15) is 0 Å². The minimum atomic E-state index is 0.536. The second-order valence-electron chi connectivity index (χ2n) is 3.48. The lowest BCUT2D eigenvalue weighted by Crippen LogP contribution is -1.91. The molecular weight excluding hydrogens is 216 g/mol. The van der Waals surface area contributed by atoms with E-state index < -0.39 is 0 Å². The normalized spacial score (nSPS) is 10.4. The highest BCUT2D eigenvalue weighted by Gasteiger charge is 2.07. The van der Waals surface area contributed by atoms with E-state index in [4.69, 9.17) is 4.42 Å². The number of nitrogens with one attached hydrogen (secondary N) is 2. The molecule has 0 unspecified atom stereocenters. The van der Waals surface area contributed by atoms with Crippen LogP contribution in [0, 0.1) is 0 Å². The maximum atomic E-state index is 5.21. The molecule has 3 aromatic rings. The van der Waals surface area contributed by atoms with Gasteiger partial charge in [0.15, 0.2) is 5.76 Å². The van der Waals surface area contributed by atoms with Gasteiger partial charge in [-0.3, -0.25) is 0 Å². The van der Waals surface area contributed by atoms with Crippen LogP contribution in [0.15, 0.2) is 53.1 Å². The summed E-state index contributed by atoms with van der Waals surface area (Å²) in [5.41, 5.74) is 0.953. The van der Waals surface area contributed by atoms with E-state index >= 15 is 0 Å². The Hall–Kier alpha value is -2.56. The van der Waals surface area contributed by atoms with Crippen molar-refractivity contribution in [1.82, 2.24) is 15.2 Å². The van der Waals surface area contributed by atoms with Crippen LogP contribution in [0.3, 0.4) is 0 Å². The van der Waals surface area contributed by atoms with Gasteiger partial charge in [0.05, 0.1) is 6.26 Å². The number of aromatic amines is 1. The van der Waals surface area contributed by atoms with Crippen molar-refractivity contribution in [2.24, 2.45) is 0 Å². The Balaban J connectivity index is 1.82. The molecule has 0 aliphatic carbocycles. The van der Waals surface area contributed by atoms with Crippen molar-refractivity contribution in [2.45, 2.75) is 0 Å². The van der Waals surface area contributed by atoms with Crippen LogP contribution in [0.4, 0.5) is 11.6 Å². The Morgan fingerprint density at radius 1 is 1.06 bits per heavy atom. The van der Waals surface area contributed by atoms with Crippen molar-refractivity contribution in [3.05, 3.63) is 48.7 Å². The van der Waals surface area contributed by atoms with Gasteiger partial charge in [0, 0.05) is 5.69 Å². The molecule has 2 aromatic heterocycles. The zero-order valence-corrected chi connectivity index (χ0v) is 8.92. The van der Waals surface area contributed by atoms with Crippen LogP contribution < -0.4 is 5.32 Å². The van der Waals surface area contributed by atoms with Gasteiger partial charge in [0.1, 0.15) is 0 Å². The van der Waals surface area contributed by atoms with Crippen LogP contribution in [0.5, 0.6) is 0 Å². The molecule has 0 aliphatic rings. The van der Waals surface area contributed by atoms with E-state index in [1.54, 1.807) is 12.3 Å². The average Bonchev–Trinajstić information content (AvgIpc) is 3.00. The second-order valence-corrected chi connectivity index (χ2v) is 3.48. The molecule has 3 rings (SSSR count). The Kier molecular flexibility index (Phi) is 2.34. The van der Waals surface area contributed by atoms with Gasteiger partial charge in [0.25, 0.3) is 0 Å². The zero-order chi connectivity index (χ0) is 11.5. The number of H-pyrrole nitrogens is 1. The third-order valence-corrected chi connectivity index (χ3v) is 2.26. The molecule has 0 fully saturated rings. The first kappa shape index (κ1) is 9.65. The van der Waals surface area contributed by atoms with Crippen molar-refractivity contribution in [3.8, 4) is 11.6 Å². The van der Waals surface area contributed by atoms with E-state index in [-0.39, 0.29) is 0 Å². The molecule has 0 aliphatic heterocycles. The van der Waals surface area contributed by atoms with Gasteiger partial charge < -0.3 is 9.73 Å². The summed E-state index contributed by atoms with van der Waals surface area (Å²) in [6.45, 7) is 0. The number of benzene rings is 1. The number of hydrogen-bond acceptors (Lipinski definition) is 4. The Morgan fingerprint density at radius 2 is 1.94 bits per heavy atom. The smallest absolute Gasteiger partial charge is 0.223 e. The number of furan rings is 1. The minimum Gasteiger partial charge on any atom is -0.461 e. The van der Waals surface area contributed by atoms with Crippen LogP contribution in [-0.2, 0) is 0 Å². The number of hydrogen-bond donors (Lipinski definition) is 2. The first-order chi connectivity index (χ1) is 8.42. The summed E-state index contributed by atoms with van der Waals surface area (Å²) in [5, 5.41) is 9.99. The van der Waals surface area contributed by atoms with Gasteiger partial charge in [-0.05, 0) is 24.3 Å². The van der Waals surface area contributed by atoms with Gasteiger partial charge in [-0.25, -0.2) is 5.10 Å². The number of rotatable bonds is 3. The first-order valence-corrected chi connectivity index (χ1v) is 5.20. The molecule has 0 saturated heterocycles. The molecular formula is C12H10N4O. The van der Waals surface area contributed by atoms with Crippen molar-refractivity contribution in [3.63, 3.8) is 0 Å². The van der Waals surface area contributed by atoms with Crippen LogP contribution in [0.2, 0.25) is 0 Å². The fourth-order valence-electron chi connectivity index (χ4n) is 1.49. The lowest BCUT2D eigenvalue weighted by molar-refractivity contribution is 0.577. The van der Waals surface area contributed by atoms with Crippen molar-refractivity contribution < 1.29 is 4.42 Å². The van der Waals surface area contributed by atoms with E-state index in [9.17, 15) is 0 Å². The molecule has 0 spiro atoms. The van der Waals surface area contributed by atoms with Crippen molar-refractivity contribution >= 4 is 11.6 Å². The number of anilines is 2. The molecule has 2 heterocycles. The average molecular weight is 226 g/mol. The molecule has 17 heavy (non-hydrogen) atoms. The van der Waals surface area contributed by atoms with E-state index in [2.05, 4.69) is 20.5 Å². The first-order valence-electron chi connectivity index (χ1n) is 5.20. The maximum absolute atomic E-state index is 5.21. The largest absolute Gasteiger partial charge is 0.461 e. The third kappa shape index (κ3) is 2.03. The summed E-state index contributed by atoms with van der Waals surface area (Å²) in [4.78, 5) is 4.28. The SMILES string of the molecule is c1ccc(Nc2nc(-c3ccco3)n[nH]2)cc1. The van der Waals surface area contributed by atoms with Gasteiger partial charge >= 0.3 is 0 Å². The summed E-state index contributed by atoms with van der Waals surface area (Å²) in [6.07, 6.45) is 1.59. The lowest BCUT2D eigenvalue weighted by atomic mass is 10.3. The topological polar surface area (TPSA) is 66.7 Å². The highest BCUT2D eigenvalue weighted by molar-refractivity contribution is 5.55. The van der Waals surface area contributed by atoms with Crippen molar-refractivity contribution in [1.29, 1.82) is 0 Å². The molecule has 0 atom stereocenters. The van der Waals surface area contributed by atoms with E-state index in [1.807, 2.05) is 36.4 Å². The summed E-state index contributed by atoms with van der Waals surface area (Å²) in [6, 6.07) is 13.4. The predicted molar refractivity (Wildman–Crippen MR) is 63.8 cm³/mol. The van der Waals surface area contributed by atoms with Crippen LogP contribution in [0.25, 0.3) is 11.6 Å². The molecule has 2 N–H and O–H groups in total. The fourth-order valence-corrected chi connectivity index (χ4v) is 1.49. The Morgan fingerprint density at radius 3 is 2.71 bits per heavy atom. The van der Waals surface area contributed by atoms with Gasteiger partial charge in [-0.1, -0.05) is 18.2 Å². The second kappa shape index (κ2) is 4.13. The van der Waals surface area contributed by atoms with E-state index in [0.717, 1.165) is 5.69 Å². The maximum Gasteiger partial charge on any atom is 0.223 e. The Bertz CT molecular complexity index is 586.